The second kappa shape index (κ2) is 6.24. The molecule has 1 rings (SSSR count). The van der Waals surface area contributed by atoms with Gasteiger partial charge in [0.25, 0.3) is 0 Å². The Labute approximate surface area is 101 Å². The molecule has 1 heterocycles. The lowest BCUT2D eigenvalue weighted by Gasteiger charge is -2.11. The third-order valence-corrected chi connectivity index (χ3v) is 1.72. The highest BCUT2D eigenvalue weighted by atomic mass is 35.5. The van der Waals surface area contributed by atoms with Gasteiger partial charge in [-0.2, -0.15) is 0 Å². The zero-order valence-electron chi connectivity index (χ0n) is 9.47. The van der Waals surface area contributed by atoms with E-state index >= 15 is 0 Å². The van der Waals surface area contributed by atoms with Crippen molar-refractivity contribution in [3.05, 3.63) is 12.4 Å². The molecule has 0 radical (unpaired) electrons. The van der Waals surface area contributed by atoms with Crippen molar-refractivity contribution in [1.29, 1.82) is 0 Å². The van der Waals surface area contributed by atoms with E-state index in [1.807, 2.05) is 14.1 Å². The van der Waals surface area contributed by atoms with Crippen molar-refractivity contribution in [3.63, 3.8) is 0 Å². The van der Waals surface area contributed by atoms with Crippen molar-refractivity contribution in [1.82, 2.24) is 9.97 Å². The molecule has 0 aliphatic carbocycles. The highest BCUT2D eigenvalue weighted by Crippen LogP contribution is 2.07. The van der Waals surface area contributed by atoms with Crippen LogP contribution in [0.3, 0.4) is 0 Å². The van der Waals surface area contributed by atoms with E-state index in [-0.39, 0.29) is 18.3 Å². The van der Waals surface area contributed by atoms with Crippen LogP contribution in [-0.2, 0) is 4.79 Å². The van der Waals surface area contributed by atoms with Crippen molar-refractivity contribution in [2.75, 3.05) is 24.3 Å². The van der Waals surface area contributed by atoms with E-state index in [0.29, 0.717) is 11.6 Å². The number of anilines is 2. The van der Waals surface area contributed by atoms with Gasteiger partial charge >= 0.3 is 0 Å². The average Bonchev–Trinajstić information content (AvgIpc) is 2.18. The Morgan fingerprint density at radius 2 is 1.94 bits per heavy atom. The van der Waals surface area contributed by atoms with Gasteiger partial charge in [0.2, 0.25) is 11.9 Å². The molecular weight excluding hydrogens is 230 g/mol. The average molecular weight is 246 g/mol. The topological polar surface area (TPSA) is 84.1 Å². The molecule has 0 saturated heterocycles. The minimum atomic E-state index is -0.543. The quantitative estimate of drug-likeness (QED) is 0.798. The number of nitrogens with zero attached hydrogens (tertiary/aromatic N) is 3. The third-order valence-electron chi connectivity index (χ3n) is 1.72. The minimum absolute atomic E-state index is 0. The number of aromatic nitrogens is 2. The zero-order valence-corrected chi connectivity index (χ0v) is 10.3. The smallest absolute Gasteiger partial charge is 0.241 e. The second-order valence-corrected chi connectivity index (χ2v) is 3.44. The van der Waals surface area contributed by atoms with Crippen molar-refractivity contribution >= 4 is 29.9 Å². The Balaban J connectivity index is 0.00000225. The number of carbonyl (C=O) groups is 1. The highest BCUT2D eigenvalue weighted by molar-refractivity contribution is 5.94. The molecular formula is C9H16ClN5O. The van der Waals surface area contributed by atoms with E-state index in [4.69, 9.17) is 5.73 Å². The number of amides is 1. The van der Waals surface area contributed by atoms with E-state index in [0.717, 1.165) is 0 Å². The summed E-state index contributed by atoms with van der Waals surface area (Å²) in [6.45, 7) is 1.62. The maximum atomic E-state index is 11.2. The van der Waals surface area contributed by atoms with Gasteiger partial charge in [-0.05, 0) is 6.92 Å². The summed E-state index contributed by atoms with van der Waals surface area (Å²) in [5.74, 6) is 0.338. The second-order valence-electron chi connectivity index (χ2n) is 3.44. The van der Waals surface area contributed by atoms with Crippen molar-refractivity contribution in [2.24, 2.45) is 5.73 Å². The summed E-state index contributed by atoms with van der Waals surface area (Å²) < 4.78 is 0. The van der Waals surface area contributed by atoms with Crippen LogP contribution >= 0.6 is 12.4 Å². The fourth-order valence-corrected chi connectivity index (χ4v) is 0.873. The summed E-state index contributed by atoms with van der Waals surface area (Å²) in [5.41, 5.74) is 5.95. The molecule has 0 aliphatic heterocycles. The molecule has 1 aromatic heterocycles. The number of rotatable bonds is 3. The van der Waals surface area contributed by atoms with E-state index in [1.165, 1.54) is 0 Å². The van der Waals surface area contributed by atoms with Gasteiger partial charge in [-0.15, -0.1) is 12.4 Å². The molecule has 0 bridgehead atoms. The Hall–Kier alpha value is -1.40. The van der Waals surface area contributed by atoms with Crippen LogP contribution in [0.5, 0.6) is 0 Å². The van der Waals surface area contributed by atoms with E-state index in [1.54, 1.807) is 24.2 Å². The van der Waals surface area contributed by atoms with E-state index < -0.39 is 6.04 Å². The minimum Gasteiger partial charge on any atom is -0.347 e. The van der Waals surface area contributed by atoms with Crippen LogP contribution < -0.4 is 16.0 Å². The first kappa shape index (κ1) is 14.6. The summed E-state index contributed by atoms with van der Waals surface area (Å²) in [6.07, 6.45) is 3.09. The van der Waals surface area contributed by atoms with Crippen molar-refractivity contribution < 1.29 is 4.79 Å². The van der Waals surface area contributed by atoms with Gasteiger partial charge in [0.1, 0.15) is 0 Å². The molecule has 3 N–H and O–H groups in total. The number of nitrogens with one attached hydrogen (secondary N) is 1. The molecule has 90 valence electrons. The van der Waals surface area contributed by atoms with Gasteiger partial charge in [-0.3, -0.25) is 4.79 Å². The van der Waals surface area contributed by atoms with Crippen LogP contribution in [0.1, 0.15) is 6.92 Å². The fraction of sp³-hybridized carbons (Fsp3) is 0.444. The lowest BCUT2D eigenvalue weighted by molar-refractivity contribution is -0.117. The molecule has 1 amide bonds. The molecule has 0 aromatic carbocycles. The summed E-state index contributed by atoms with van der Waals surface area (Å²) in [5, 5.41) is 2.60. The molecule has 0 spiro atoms. The van der Waals surface area contributed by atoms with Gasteiger partial charge in [0, 0.05) is 14.1 Å². The SMILES string of the molecule is C[C@@H](N)C(=O)Nc1cnc(N(C)C)nc1.Cl. The standard InChI is InChI=1S/C9H15N5O.ClH/c1-6(10)8(15)13-7-4-11-9(12-5-7)14(2)3;/h4-6H,10H2,1-3H3,(H,13,15);1H/t6-;/m1./s1. The Bertz CT molecular complexity index is 338. The van der Waals surface area contributed by atoms with E-state index in [2.05, 4.69) is 15.3 Å². The molecule has 1 aromatic rings. The zero-order chi connectivity index (χ0) is 11.4. The number of hydrogen-bond donors (Lipinski definition) is 2. The van der Waals surface area contributed by atoms with Gasteiger partial charge in [-0.25, -0.2) is 9.97 Å². The van der Waals surface area contributed by atoms with Crippen LogP contribution in [0.15, 0.2) is 12.4 Å². The largest absolute Gasteiger partial charge is 0.347 e. The monoisotopic (exact) mass is 245 g/mol. The molecule has 16 heavy (non-hydrogen) atoms. The predicted octanol–water partition coefficient (Wildman–Crippen LogP) is 0.250. The third kappa shape index (κ3) is 4.00. The molecule has 7 heteroatoms. The Kier molecular flexibility index (Phi) is 5.69. The maximum absolute atomic E-state index is 11.2. The molecule has 0 aliphatic rings. The van der Waals surface area contributed by atoms with Gasteiger partial charge in [0.05, 0.1) is 24.1 Å². The van der Waals surface area contributed by atoms with Crippen LogP contribution in [0, 0.1) is 0 Å². The first-order chi connectivity index (χ1) is 7.00. The normalized spacial score (nSPS) is 11.2. The number of carbonyl (C=O) groups excluding carboxylic acids is 1. The first-order valence-corrected chi connectivity index (χ1v) is 4.56. The summed E-state index contributed by atoms with van der Waals surface area (Å²) in [7, 11) is 3.69. The van der Waals surface area contributed by atoms with Gasteiger partial charge < -0.3 is 16.0 Å². The lowest BCUT2D eigenvalue weighted by Crippen LogP contribution is -2.32. The van der Waals surface area contributed by atoms with Crippen molar-refractivity contribution in [2.45, 2.75) is 13.0 Å². The number of halogens is 1. The summed E-state index contributed by atoms with van der Waals surface area (Å²) in [4.78, 5) is 21.1. The molecule has 6 nitrogen and oxygen atoms in total. The van der Waals surface area contributed by atoms with Crippen LogP contribution in [-0.4, -0.2) is 36.0 Å². The van der Waals surface area contributed by atoms with Gasteiger partial charge in [-0.1, -0.05) is 0 Å². The molecule has 0 saturated carbocycles. The predicted molar refractivity (Wildman–Crippen MR) is 65.9 cm³/mol. The highest BCUT2D eigenvalue weighted by Gasteiger charge is 2.08. The van der Waals surface area contributed by atoms with Gasteiger partial charge in [0.15, 0.2) is 0 Å². The first-order valence-electron chi connectivity index (χ1n) is 4.56. The summed E-state index contributed by atoms with van der Waals surface area (Å²) in [6, 6.07) is -0.543. The number of nitrogens with two attached hydrogens (primary N) is 1. The Morgan fingerprint density at radius 3 is 2.31 bits per heavy atom. The number of hydrogen-bond acceptors (Lipinski definition) is 5. The van der Waals surface area contributed by atoms with E-state index in [9.17, 15) is 4.79 Å². The molecule has 1 atom stereocenters. The van der Waals surface area contributed by atoms with Crippen LogP contribution in [0.4, 0.5) is 11.6 Å². The molecule has 0 fully saturated rings. The van der Waals surface area contributed by atoms with Crippen LogP contribution in [0.25, 0.3) is 0 Å². The molecule has 0 unspecified atom stereocenters. The fourth-order valence-electron chi connectivity index (χ4n) is 0.873. The van der Waals surface area contributed by atoms with Crippen molar-refractivity contribution in [3.8, 4) is 0 Å². The Morgan fingerprint density at radius 1 is 1.44 bits per heavy atom. The lowest BCUT2D eigenvalue weighted by atomic mass is 10.3. The maximum Gasteiger partial charge on any atom is 0.241 e. The van der Waals surface area contributed by atoms with Crippen LogP contribution in [0.2, 0.25) is 0 Å². The summed E-state index contributed by atoms with van der Waals surface area (Å²) >= 11 is 0.